The van der Waals surface area contributed by atoms with Gasteiger partial charge in [-0.1, -0.05) is 35.6 Å². The van der Waals surface area contributed by atoms with Gasteiger partial charge in [0.05, 0.1) is 29.7 Å². The molecule has 1 aromatic heterocycles. The molecule has 3 amide bonds. The van der Waals surface area contributed by atoms with E-state index in [9.17, 15) is 23.6 Å². The maximum absolute atomic E-state index is 13.9. The second-order valence-electron chi connectivity index (χ2n) is 12.5. The van der Waals surface area contributed by atoms with E-state index in [1.165, 1.54) is 47.6 Å². The summed E-state index contributed by atoms with van der Waals surface area (Å²) in [5.74, 6) is -1.63. The van der Waals surface area contributed by atoms with E-state index in [2.05, 4.69) is 10.3 Å². The van der Waals surface area contributed by atoms with Crippen LogP contribution < -0.4 is 24.6 Å². The first-order chi connectivity index (χ1) is 22.7. The summed E-state index contributed by atoms with van der Waals surface area (Å²) in [5, 5.41) is 3.68. The van der Waals surface area contributed by atoms with Crippen LogP contribution in [0.4, 0.5) is 15.8 Å². The summed E-state index contributed by atoms with van der Waals surface area (Å²) in [7, 11) is 1.54. The van der Waals surface area contributed by atoms with Crippen LogP contribution in [0.5, 0.6) is 11.5 Å². The van der Waals surface area contributed by atoms with E-state index in [4.69, 9.17) is 9.47 Å². The zero-order valence-electron chi connectivity index (χ0n) is 25.4. The van der Waals surface area contributed by atoms with Crippen LogP contribution in [0.1, 0.15) is 28.3 Å². The van der Waals surface area contributed by atoms with E-state index in [0.717, 1.165) is 27.5 Å². The molecule has 2 aliphatic heterocycles. The minimum Gasteiger partial charge on any atom is -0.493 e. The number of aromatic amines is 1. The number of ether oxygens (including phenoxy) is 2. The third-order valence-corrected chi connectivity index (χ3v) is 12.7. The highest BCUT2D eigenvalue weighted by Gasteiger charge is 2.69. The van der Waals surface area contributed by atoms with Crippen LogP contribution in [-0.2, 0) is 14.4 Å². The minimum absolute atomic E-state index is 0.00789. The van der Waals surface area contributed by atoms with Crippen molar-refractivity contribution in [2.24, 2.45) is 29.6 Å². The van der Waals surface area contributed by atoms with Gasteiger partial charge in [-0.2, -0.15) is 0 Å². The number of aromatic nitrogens is 1. The predicted octanol–water partition coefficient (Wildman–Crippen LogP) is 5.59. The monoisotopic (exact) mass is 671 g/mol. The molecule has 240 valence electrons. The second-order valence-corrected chi connectivity index (χ2v) is 14.7. The molecule has 2 bridgehead atoms. The predicted molar refractivity (Wildman–Crippen MR) is 176 cm³/mol. The first-order valence-electron chi connectivity index (χ1n) is 15.4. The maximum Gasteiger partial charge on any atom is 0.305 e. The number of rotatable bonds is 7. The van der Waals surface area contributed by atoms with Gasteiger partial charge in [-0.15, -0.1) is 11.8 Å². The fourth-order valence-corrected chi connectivity index (χ4v) is 11.2. The number of imide groups is 1. The van der Waals surface area contributed by atoms with Crippen molar-refractivity contribution in [3.63, 3.8) is 0 Å². The van der Waals surface area contributed by atoms with Gasteiger partial charge in [0, 0.05) is 21.7 Å². The Hall–Kier alpha value is -4.42. The summed E-state index contributed by atoms with van der Waals surface area (Å²) in [6.45, 7) is 1.70. The quantitative estimate of drug-likeness (QED) is 0.246. The molecule has 4 aromatic rings. The van der Waals surface area contributed by atoms with Gasteiger partial charge in [0.2, 0.25) is 11.8 Å². The Morgan fingerprint density at radius 3 is 2.49 bits per heavy atom. The van der Waals surface area contributed by atoms with Gasteiger partial charge in [-0.3, -0.25) is 24.1 Å². The highest BCUT2D eigenvalue weighted by molar-refractivity contribution is 8.00. The molecule has 3 aromatic carbocycles. The van der Waals surface area contributed by atoms with E-state index >= 15 is 0 Å². The first kappa shape index (κ1) is 29.9. The Morgan fingerprint density at radius 1 is 1.00 bits per heavy atom. The van der Waals surface area contributed by atoms with Crippen molar-refractivity contribution in [1.29, 1.82) is 0 Å². The smallest absolute Gasteiger partial charge is 0.305 e. The Labute approximate surface area is 277 Å². The average Bonchev–Trinajstić information content (AvgIpc) is 3.80. The van der Waals surface area contributed by atoms with Crippen molar-refractivity contribution in [2.75, 3.05) is 23.9 Å². The van der Waals surface area contributed by atoms with Gasteiger partial charge in [-0.25, -0.2) is 4.39 Å². The third-order valence-electron chi connectivity index (χ3n) is 10.1. The molecule has 6 unspecified atom stereocenters. The third kappa shape index (κ3) is 4.79. The van der Waals surface area contributed by atoms with Crippen LogP contribution in [-0.4, -0.2) is 41.7 Å². The van der Waals surface area contributed by atoms with Crippen LogP contribution >= 0.6 is 23.1 Å². The Kier molecular flexibility index (Phi) is 7.25. The number of H-pyrrole nitrogens is 1. The zero-order chi connectivity index (χ0) is 32.6. The summed E-state index contributed by atoms with van der Waals surface area (Å²) in [6.07, 6.45) is 0.746. The van der Waals surface area contributed by atoms with Crippen molar-refractivity contribution in [3.05, 3.63) is 98.2 Å². The Balaban J connectivity index is 1.09. The van der Waals surface area contributed by atoms with E-state index < -0.39 is 17.7 Å². The maximum atomic E-state index is 13.9. The number of amides is 3. The minimum atomic E-state index is -0.476. The summed E-state index contributed by atoms with van der Waals surface area (Å²) in [6, 6.07) is 18.6. The number of halogens is 1. The zero-order valence-corrected chi connectivity index (χ0v) is 27.0. The highest BCUT2D eigenvalue weighted by atomic mass is 32.2. The lowest BCUT2D eigenvalue weighted by molar-refractivity contribution is -0.123. The molecular weight excluding hydrogens is 642 g/mol. The number of nitrogens with zero attached hydrogens (tertiary/aromatic N) is 1. The number of anilines is 2. The molecule has 47 heavy (non-hydrogen) atoms. The number of thioether (sulfide) groups is 1. The molecule has 9 nitrogen and oxygen atoms in total. The molecule has 12 heteroatoms. The topological polar surface area (TPSA) is 118 Å². The van der Waals surface area contributed by atoms with E-state index in [-0.39, 0.29) is 58.1 Å². The molecule has 2 aliphatic carbocycles. The number of hydrogen-bond donors (Lipinski definition) is 2. The normalized spacial score (nSPS) is 27.0. The number of aryl methyl sites for hydroxylation is 1. The molecular formula is C35H30FN3O6S2. The van der Waals surface area contributed by atoms with Crippen molar-refractivity contribution in [2.45, 2.75) is 29.5 Å². The summed E-state index contributed by atoms with van der Waals surface area (Å²) < 4.78 is 25.3. The Morgan fingerprint density at radius 2 is 1.74 bits per heavy atom. The highest BCUT2D eigenvalue weighted by Crippen LogP contribution is 2.68. The molecule has 1 saturated heterocycles. The summed E-state index contributed by atoms with van der Waals surface area (Å²) in [4.78, 5) is 58.1. The summed E-state index contributed by atoms with van der Waals surface area (Å²) >= 11 is 2.78. The van der Waals surface area contributed by atoms with Crippen LogP contribution in [0.3, 0.4) is 0 Å². The van der Waals surface area contributed by atoms with Crippen LogP contribution in [0.2, 0.25) is 0 Å². The molecule has 2 N–H and O–H groups in total. The number of benzene rings is 3. The van der Waals surface area contributed by atoms with Crippen molar-refractivity contribution < 1.29 is 28.2 Å². The largest absolute Gasteiger partial charge is 0.493 e. The van der Waals surface area contributed by atoms with Crippen LogP contribution in [0, 0.1) is 42.3 Å². The molecule has 8 rings (SSSR count). The van der Waals surface area contributed by atoms with Gasteiger partial charge in [0.15, 0.2) is 18.1 Å². The number of fused-ring (bicyclic) bond motifs is 9. The van der Waals surface area contributed by atoms with Gasteiger partial charge in [-0.05, 0) is 84.7 Å². The van der Waals surface area contributed by atoms with E-state index in [0.29, 0.717) is 22.9 Å². The molecule has 3 heterocycles. The number of carbonyl (C=O) groups excluding carboxylic acids is 3. The Bertz CT molecular complexity index is 1990. The fourth-order valence-electron chi connectivity index (χ4n) is 8.27. The fraction of sp³-hybridized carbons (Fsp3) is 0.314. The number of para-hydroxylation sites is 1. The van der Waals surface area contributed by atoms with Crippen LogP contribution in [0.15, 0.2) is 76.6 Å². The average molecular weight is 672 g/mol. The van der Waals surface area contributed by atoms with E-state index in [1.54, 1.807) is 17.8 Å². The molecule has 0 radical (unpaired) electrons. The number of methoxy groups -OCH3 is 1. The van der Waals surface area contributed by atoms with Crippen LogP contribution in [0.25, 0.3) is 0 Å². The number of thiazole rings is 1. The van der Waals surface area contributed by atoms with Gasteiger partial charge in [0.25, 0.3) is 5.91 Å². The van der Waals surface area contributed by atoms with Crippen molar-refractivity contribution in [1.82, 2.24) is 4.98 Å². The number of nitrogens with one attached hydrogen (secondary N) is 2. The lowest BCUT2D eigenvalue weighted by Crippen LogP contribution is -2.42. The lowest BCUT2D eigenvalue weighted by Gasteiger charge is -2.43. The summed E-state index contributed by atoms with van der Waals surface area (Å²) in [5.41, 5.74) is 2.95. The van der Waals surface area contributed by atoms with E-state index in [1.807, 2.05) is 43.3 Å². The molecule has 3 fully saturated rings. The SMILES string of the molecule is COc1cc([C@H]2c3sc(=O)[nH]c3SC3C4CC(C5C(=O)N(c6ccc(F)cc6)C(=O)C45)C32)ccc1OCC(=O)Nc1ccccc1C. The standard InChI is InChI=1S/C35H30FN3O6S2/c1-16-5-3-4-6-22(16)37-25(40)15-45-23-12-7-17(13-24(23)44-2)26-27-20-14-21(30(27)46-32-31(26)47-35(43)38-32)29-28(20)33(41)39(34(29)42)19-10-8-18(36)9-11-19/h3-13,20-21,26-30H,14-15H2,1-2H3,(H,37,40)(H,38,43)/t20?,21?,26-,27?,28?,29?,30?/m1/s1. The molecule has 7 atom stereocenters. The first-order valence-corrected chi connectivity index (χ1v) is 17.1. The van der Waals surface area contributed by atoms with Gasteiger partial charge < -0.3 is 19.8 Å². The van der Waals surface area contributed by atoms with Gasteiger partial charge >= 0.3 is 4.87 Å². The second kappa shape index (κ2) is 11.4. The molecule has 0 spiro atoms. The lowest BCUT2D eigenvalue weighted by atomic mass is 9.68. The van der Waals surface area contributed by atoms with Crippen molar-refractivity contribution >= 4 is 52.2 Å². The molecule has 2 saturated carbocycles. The number of hydrogen-bond acceptors (Lipinski definition) is 8. The van der Waals surface area contributed by atoms with Crippen molar-refractivity contribution in [3.8, 4) is 11.5 Å². The number of carbonyl (C=O) groups is 3. The van der Waals surface area contributed by atoms with Gasteiger partial charge in [0.1, 0.15) is 5.82 Å². The molecule has 4 aliphatic rings.